The quantitative estimate of drug-likeness (QED) is 0.805. The smallest absolute Gasteiger partial charge is 0.241 e. The minimum Gasteiger partial charge on any atom is -0.454 e. The van der Waals surface area contributed by atoms with Crippen molar-refractivity contribution in [3.8, 4) is 11.5 Å². The Hall–Kier alpha value is -2.35. The second kappa shape index (κ2) is 8.57. The summed E-state index contributed by atoms with van der Waals surface area (Å²) in [5.41, 5.74) is 1.68. The van der Waals surface area contributed by atoms with Crippen molar-refractivity contribution in [2.75, 3.05) is 38.3 Å². The standard InChI is InChI=1S/C21H23ClFN3O3/c1-14(21(27)24-16-3-4-18(23)17(22)11-16)26-8-6-25(7-9-26)12-15-2-5-19-20(10-15)29-13-28-19/h2-5,10-11,14H,6-9,12-13H2,1H3,(H,24,27)/t14-/m1/s1. The molecule has 2 heterocycles. The van der Waals surface area contributed by atoms with Gasteiger partial charge in [-0.2, -0.15) is 0 Å². The van der Waals surface area contributed by atoms with Crippen molar-refractivity contribution in [2.45, 2.75) is 19.5 Å². The van der Waals surface area contributed by atoms with Crippen LogP contribution in [-0.2, 0) is 11.3 Å². The lowest BCUT2D eigenvalue weighted by Gasteiger charge is -2.37. The first-order chi connectivity index (χ1) is 14.0. The number of benzene rings is 2. The maximum absolute atomic E-state index is 13.3. The Labute approximate surface area is 174 Å². The fraction of sp³-hybridized carbons (Fsp3) is 0.381. The zero-order valence-electron chi connectivity index (χ0n) is 16.2. The van der Waals surface area contributed by atoms with Gasteiger partial charge in [-0.15, -0.1) is 0 Å². The van der Waals surface area contributed by atoms with E-state index >= 15 is 0 Å². The third-order valence-corrected chi connectivity index (χ3v) is 5.65. The minimum absolute atomic E-state index is 0.00687. The molecular formula is C21H23ClFN3O3. The molecule has 0 unspecified atom stereocenters. The van der Waals surface area contributed by atoms with Gasteiger partial charge in [-0.3, -0.25) is 14.6 Å². The maximum atomic E-state index is 13.3. The second-order valence-corrected chi connectivity index (χ2v) is 7.70. The number of hydrogen-bond donors (Lipinski definition) is 1. The van der Waals surface area contributed by atoms with E-state index in [1.807, 2.05) is 19.1 Å². The number of carbonyl (C=O) groups is 1. The Morgan fingerprint density at radius 2 is 1.90 bits per heavy atom. The molecule has 4 rings (SSSR count). The van der Waals surface area contributed by atoms with Crippen LogP contribution in [0.3, 0.4) is 0 Å². The molecule has 2 aliphatic heterocycles. The number of fused-ring (bicyclic) bond motifs is 1. The van der Waals surface area contributed by atoms with Crippen LogP contribution in [-0.4, -0.2) is 54.7 Å². The molecule has 1 atom stereocenters. The number of carbonyl (C=O) groups excluding carboxylic acids is 1. The third-order valence-electron chi connectivity index (χ3n) is 5.36. The summed E-state index contributed by atoms with van der Waals surface area (Å²) >= 11 is 5.78. The number of halogens is 2. The van der Waals surface area contributed by atoms with Crippen LogP contribution >= 0.6 is 11.6 Å². The Kier molecular flexibility index (Phi) is 5.89. The van der Waals surface area contributed by atoms with E-state index in [9.17, 15) is 9.18 Å². The van der Waals surface area contributed by atoms with Crippen LogP contribution in [0.1, 0.15) is 12.5 Å². The van der Waals surface area contributed by atoms with Crippen LogP contribution in [0.2, 0.25) is 5.02 Å². The van der Waals surface area contributed by atoms with Crippen LogP contribution < -0.4 is 14.8 Å². The molecule has 0 saturated carbocycles. The van der Waals surface area contributed by atoms with E-state index in [-0.39, 0.29) is 23.8 Å². The van der Waals surface area contributed by atoms with Gasteiger partial charge in [-0.25, -0.2) is 4.39 Å². The molecule has 1 N–H and O–H groups in total. The first-order valence-electron chi connectivity index (χ1n) is 9.60. The van der Waals surface area contributed by atoms with Gasteiger partial charge in [0.15, 0.2) is 11.5 Å². The molecule has 1 fully saturated rings. The Morgan fingerprint density at radius 3 is 2.66 bits per heavy atom. The summed E-state index contributed by atoms with van der Waals surface area (Å²) in [6.07, 6.45) is 0. The van der Waals surface area contributed by atoms with Crippen molar-refractivity contribution in [3.05, 3.63) is 52.8 Å². The molecule has 0 aliphatic carbocycles. The van der Waals surface area contributed by atoms with Crippen molar-refractivity contribution in [2.24, 2.45) is 0 Å². The van der Waals surface area contributed by atoms with Crippen molar-refractivity contribution in [1.82, 2.24) is 9.80 Å². The highest BCUT2D eigenvalue weighted by molar-refractivity contribution is 6.31. The number of rotatable bonds is 5. The molecule has 0 aromatic heterocycles. The van der Waals surface area contributed by atoms with Gasteiger partial charge >= 0.3 is 0 Å². The van der Waals surface area contributed by atoms with Crippen molar-refractivity contribution >= 4 is 23.2 Å². The number of nitrogens with one attached hydrogen (secondary N) is 1. The molecule has 1 saturated heterocycles. The monoisotopic (exact) mass is 419 g/mol. The Morgan fingerprint density at radius 1 is 1.14 bits per heavy atom. The predicted molar refractivity (Wildman–Crippen MR) is 109 cm³/mol. The van der Waals surface area contributed by atoms with E-state index in [1.165, 1.54) is 23.8 Å². The molecule has 0 radical (unpaired) electrons. The van der Waals surface area contributed by atoms with Crippen LogP contribution in [0.15, 0.2) is 36.4 Å². The minimum atomic E-state index is -0.503. The number of ether oxygens (including phenoxy) is 2. The molecule has 0 spiro atoms. The molecule has 29 heavy (non-hydrogen) atoms. The van der Waals surface area contributed by atoms with Gasteiger partial charge in [0.1, 0.15) is 5.82 Å². The lowest BCUT2D eigenvalue weighted by molar-refractivity contribution is -0.121. The van der Waals surface area contributed by atoms with E-state index in [4.69, 9.17) is 21.1 Å². The number of hydrogen-bond acceptors (Lipinski definition) is 5. The fourth-order valence-corrected chi connectivity index (χ4v) is 3.77. The summed E-state index contributed by atoms with van der Waals surface area (Å²) in [5, 5.41) is 2.80. The summed E-state index contributed by atoms with van der Waals surface area (Å²) in [6.45, 7) is 6.32. The SMILES string of the molecule is C[C@H](C(=O)Nc1ccc(F)c(Cl)c1)N1CCN(Cc2ccc3c(c2)OCO3)CC1. The molecule has 154 valence electrons. The van der Waals surface area contributed by atoms with E-state index < -0.39 is 5.82 Å². The largest absolute Gasteiger partial charge is 0.454 e. The zero-order valence-corrected chi connectivity index (χ0v) is 16.9. The highest BCUT2D eigenvalue weighted by atomic mass is 35.5. The van der Waals surface area contributed by atoms with Gasteiger partial charge in [-0.1, -0.05) is 17.7 Å². The molecule has 1 amide bonds. The topological polar surface area (TPSA) is 54.0 Å². The third kappa shape index (κ3) is 4.63. The normalized spacial score (nSPS) is 17.9. The van der Waals surface area contributed by atoms with Gasteiger partial charge in [-0.05, 0) is 42.8 Å². The summed E-state index contributed by atoms with van der Waals surface area (Å²) in [6, 6.07) is 9.92. The fourth-order valence-electron chi connectivity index (χ4n) is 3.59. The zero-order chi connectivity index (χ0) is 20.4. The molecule has 8 heteroatoms. The molecule has 6 nitrogen and oxygen atoms in total. The predicted octanol–water partition coefficient (Wildman–Crippen LogP) is 3.35. The summed E-state index contributed by atoms with van der Waals surface area (Å²) in [4.78, 5) is 17.1. The molecule has 2 aliphatic rings. The van der Waals surface area contributed by atoms with E-state index in [2.05, 4.69) is 21.2 Å². The summed E-state index contributed by atoms with van der Waals surface area (Å²) in [7, 11) is 0. The van der Waals surface area contributed by atoms with Crippen LogP contribution in [0, 0.1) is 5.82 Å². The molecular weight excluding hydrogens is 397 g/mol. The van der Waals surface area contributed by atoms with Crippen molar-refractivity contribution in [1.29, 1.82) is 0 Å². The van der Waals surface area contributed by atoms with Crippen molar-refractivity contribution < 1.29 is 18.7 Å². The summed E-state index contributed by atoms with van der Waals surface area (Å²) in [5.74, 6) is 0.960. The number of anilines is 1. The molecule has 0 bridgehead atoms. The average Bonchev–Trinajstić information content (AvgIpc) is 3.18. The number of piperazine rings is 1. The number of nitrogens with zero attached hydrogens (tertiary/aromatic N) is 2. The number of amides is 1. The first kappa shape index (κ1) is 19.9. The Balaban J connectivity index is 1.28. The molecule has 2 aromatic carbocycles. The van der Waals surface area contributed by atoms with E-state index in [0.29, 0.717) is 5.69 Å². The van der Waals surface area contributed by atoms with Gasteiger partial charge in [0.25, 0.3) is 0 Å². The van der Waals surface area contributed by atoms with Crippen molar-refractivity contribution in [3.63, 3.8) is 0 Å². The lowest BCUT2D eigenvalue weighted by atomic mass is 10.1. The van der Waals surface area contributed by atoms with Gasteiger partial charge in [0.2, 0.25) is 12.7 Å². The second-order valence-electron chi connectivity index (χ2n) is 7.29. The first-order valence-corrected chi connectivity index (χ1v) is 9.98. The van der Waals surface area contributed by atoms with Crippen LogP contribution in [0.4, 0.5) is 10.1 Å². The van der Waals surface area contributed by atoms with E-state index in [0.717, 1.165) is 44.2 Å². The Bertz CT molecular complexity index is 903. The highest BCUT2D eigenvalue weighted by Gasteiger charge is 2.26. The van der Waals surface area contributed by atoms with Crippen LogP contribution in [0.25, 0.3) is 0 Å². The van der Waals surface area contributed by atoms with Gasteiger partial charge in [0.05, 0.1) is 11.1 Å². The van der Waals surface area contributed by atoms with Crippen LogP contribution in [0.5, 0.6) is 11.5 Å². The average molecular weight is 420 g/mol. The maximum Gasteiger partial charge on any atom is 0.241 e. The summed E-state index contributed by atoms with van der Waals surface area (Å²) < 4.78 is 24.1. The highest BCUT2D eigenvalue weighted by Crippen LogP contribution is 2.32. The van der Waals surface area contributed by atoms with E-state index in [1.54, 1.807) is 0 Å². The lowest BCUT2D eigenvalue weighted by Crippen LogP contribution is -2.52. The molecule has 2 aromatic rings. The van der Waals surface area contributed by atoms with Gasteiger partial charge < -0.3 is 14.8 Å². The van der Waals surface area contributed by atoms with Gasteiger partial charge in [0, 0.05) is 38.4 Å².